The van der Waals surface area contributed by atoms with Crippen LogP contribution in [0.5, 0.6) is 0 Å². The summed E-state index contributed by atoms with van der Waals surface area (Å²) in [6, 6.07) is 13.3. The number of aromatic nitrogens is 1. The number of hydrogen-bond donors (Lipinski definition) is 1. The third kappa shape index (κ3) is 4.18. The van der Waals surface area contributed by atoms with E-state index in [1.54, 1.807) is 12.1 Å². The number of aliphatic carboxylic acids is 1. The monoisotopic (exact) mass is 397 g/mol. The smallest absolute Gasteiger partial charge is 0.337 e. The second kappa shape index (κ2) is 7.53. The number of carboxylic acid groups (broad SMARTS) is 1. The van der Waals surface area contributed by atoms with Crippen molar-refractivity contribution in [3.63, 3.8) is 0 Å². The van der Waals surface area contributed by atoms with Gasteiger partial charge in [0, 0.05) is 21.7 Å². The molecule has 0 saturated heterocycles. The minimum Gasteiger partial charge on any atom is -0.479 e. The molecule has 0 spiro atoms. The number of pyridine rings is 1. The molecule has 3 rings (SSSR count). The van der Waals surface area contributed by atoms with Crippen LogP contribution in [0.2, 0.25) is 5.02 Å². The van der Waals surface area contributed by atoms with Crippen molar-refractivity contribution in [1.29, 1.82) is 0 Å². The third-order valence-electron chi connectivity index (χ3n) is 4.47. The molecule has 1 aromatic heterocycles. The van der Waals surface area contributed by atoms with E-state index < -0.39 is 17.7 Å². The molecule has 146 valence electrons. The standard InChI is InChI=1S/C23H24ClNO3/c1-13-12-18-17(11-6-14(2)25-18)20(15-7-9-16(24)10-8-15)19(13)21(22(26)27)28-23(3,4)5/h6-12,21H,1-5H3,(H,26,27)/t21-/m0/s1. The van der Waals surface area contributed by atoms with Crippen LogP contribution in [0.15, 0.2) is 42.5 Å². The molecule has 0 bridgehead atoms. The van der Waals surface area contributed by atoms with Crippen molar-refractivity contribution in [2.24, 2.45) is 0 Å². The van der Waals surface area contributed by atoms with E-state index in [2.05, 4.69) is 4.98 Å². The summed E-state index contributed by atoms with van der Waals surface area (Å²) in [5, 5.41) is 11.5. The van der Waals surface area contributed by atoms with Gasteiger partial charge in [0.05, 0.1) is 11.1 Å². The van der Waals surface area contributed by atoms with E-state index in [-0.39, 0.29) is 0 Å². The molecular weight excluding hydrogens is 374 g/mol. The molecule has 3 aromatic rings. The van der Waals surface area contributed by atoms with Crippen molar-refractivity contribution in [2.45, 2.75) is 46.3 Å². The zero-order valence-electron chi connectivity index (χ0n) is 16.7. The van der Waals surface area contributed by atoms with Gasteiger partial charge in [0.25, 0.3) is 0 Å². The molecule has 1 heterocycles. The van der Waals surface area contributed by atoms with Gasteiger partial charge in [-0.2, -0.15) is 0 Å². The van der Waals surface area contributed by atoms with Crippen LogP contribution in [0.3, 0.4) is 0 Å². The van der Waals surface area contributed by atoms with Gasteiger partial charge in [-0.3, -0.25) is 4.98 Å². The van der Waals surface area contributed by atoms with Crippen LogP contribution < -0.4 is 0 Å². The van der Waals surface area contributed by atoms with E-state index in [1.807, 2.05) is 65.0 Å². The minimum absolute atomic E-state index is 0.618. The number of carbonyl (C=O) groups is 1. The highest BCUT2D eigenvalue weighted by molar-refractivity contribution is 6.30. The summed E-state index contributed by atoms with van der Waals surface area (Å²) in [6.45, 7) is 9.40. The maximum Gasteiger partial charge on any atom is 0.337 e. The van der Waals surface area contributed by atoms with Gasteiger partial charge < -0.3 is 9.84 Å². The quantitative estimate of drug-likeness (QED) is 0.576. The summed E-state index contributed by atoms with van der Waals surface area (Å²) in [5.41, 5.74) is 4.27. The number of ether oxygens (including phenoxy) is 1. The van der Waals surface area contributed by atoms with Gasteiger partial charge in [-0.1, -0.05) is 29.8 Å². The lowest BCUT2D eigenvalue weighted by atomic mass is 9.88. The topological polar surface area (TPSA) is 59.4 Å². The van der Waals surface area contributed by atoms with Crippen molar-refractivity contribution in [2.75, 3.05) is 0 Å². The van der Waals surface area contributed by atoms with E-state index in [4.69, 9.17) is 16.3 Å². The molecular formula is C23H24ClNO3. The number of fused-ring (bicyclic) bond motifs is 1. The van der Waals surface area contributed by atoms with E-state index in [0.29, 0.717) is 10.6 Å². The molecule has 0 fully saturated rings. The number of carboxylic acids is 1. The van der Waals surface area contributed by atoms with Crippen LogP contribution in [-0.4, -0.2) is 21.7 Å². The first-order valence-corrected chi connectivity index (χ1v) is 9.52. The summed E-state index contributed by atoms with van der Waals surface area (Å²) >= 11 is 6.08. The molecule has 2 aromatic carbocycles. The molecule has 0 aliphatic carbocycles. The zero-order chi connectivity index (χ0) is 20.6. The molecule has 0 radical (unpaired) electrons. The van der Waals surface area contributed by atoms with Crippen molar-refractivity contribution in [3.05, 3.63) is 64.3 Å². The molecule has 5 heteroatoms. The summed E-state index contributed by atoms with van der Waals surface area (Å²) < 4.78 is 5.98. The Morgan fingerprint density at radius 1 is 1.11 bits per heavy atom. The van der Waals surface area contributed by atoms with E-state index >= 15 is 0 Å². The Kier molecular flexibility index (Phi) is 5.46. The lowest BCUT2D eigenvalue weighted by Crippen LogP contribution is -2.28. The Labute approximate surface area is 170 Å². The van der Waals surface area contributed by atoms with Gasteiger partial charge in [0.15, 0.2) is 6.10 Å². The Balaban J connectivity index is 2.39. The highest BCUT2D eigenvalue weighted by atomic mass is 35.5. The molecule has 0 unspecified atom stereocenters. The fourth-order valence-corrected chi connectivity index (χ4v) is 3.50. The van der Waals surface area contributed by atoms with Crippen molar-refractivity contribution in [3.8, 4) is 11.1 Å². The Bertz CT molecular complexity index is 1040. The molecule has 4 nitrogen and oxygen atoms in total. The minimum atomic E-state index is -1.10. The van der Waals surface area contributed by atoms with Gasteiger partial charge in [0.1, 0.15) is 0 Å². The Morgan fingerprint density at radius 3 is 2.32 bits per heavy atom. The Morgan fingerprint density at radius 2 is 1.75 bits per heavy atom. The average Bonchev–Trinajstić information content (AvgIpc) is 2.58. The first-order chi connectivity index (χ1) is 13.1. The highest BCUT2D eigenvalue weighted by Gasteiger charge is 2.31. The largest absolute Gasteiger partial charge is 0.479 e. The predicted molar refractivity (Wildman–Crippen MR) is 113 cm³/mol. The zero-order valence-corrected chi connectivity index (χ0v) is 17.5. The van der Waals surface area contributed by atoms with Crippen LogP contribution in [-0.2, 0) is 9.53 Å². The van der Waals surface area contributed by atoms with E-state index in [9.17, 15) is 9.90 Å². The lowest BCUT2D eigenvalue weighted by molar-refractivity contribution is -0.160. The van der Waals surface area contributed by atoms with Crippen LogP contribution in [0.1, 0.15) is 43.7 Å². The van der Waals surface area contributed by atoms with E-state index in [1.165, 1.54) is 0 Å². The second-order valence-corrected chi connectivity index (χ2v) is 8.39. The summed E-state index contributed by atoms with van der Waals surface area (Å²) in [4.78, 5) is 16.8. The second-order valence-electron chi connectivity index (χ2n) is 7.96. The number of rotatable bonds is 4. The van der Waals surface area contributed by atoms with Gasteiger partial charge in [-0.25, -0.2) is 4.79 Å². The molecule has 1 N–H and O–H groups in total. The van der Waals surface area contributed by atoms with Gasteiger partial charge in [0.2, 0.25) is 0 Å². The van der Waals surface area contributed by atoms with Crippen LogP contribution >= 0.6 is 11.6 Å². The number of aryl methyl sites for hydroxylation is 2. The SMILES string of the molecule is Cc1ccc2c(-c3ccc(Cl)cc3)c([C@H](OC(C)(C)C)C(=O)O)c(C)cc2n1. The van der Waals surface area contributed by atoms with Crippen LogP contribution in [0, 0.1) is 13.8 Å². The molecule has 1 atom stereocenters. The molecule has 0 saturated carbocycles. The average molecular weight is 398 g/mol. The van der Waals surface area contributed by atoms with Gasteiger partial charge in [-0.15, -0.1) is 0 Å². The highest BCUT2D eigenvalue weighted by Crippen LogP contribution is 2.40. The first-order valence-electron chi connectivity index (χ1n) is 9.14. The number of halogens is 1. The van der Waals surface area contributed by atoms with Gasteiger partial charge in [-0.05, 0) is 75.6 Å². The molecule has 28 heavy (non-hydrogen) atoms. The summed E-state index contributed by atoms with van der Waals surface area (Å²) in [6.07, 6.45) is -1.10. The Hall–Kier alpha value is -2.43. The normalized spacial score (nSPS) is 12.9. The molecule has 0 aliphatic rings. The maximum absolute atomic E-state index is 12.2. The van der Waals surface area contributed by atoms with Crippen molar-refractivity contribution < 1.29 is 14.6 Å². The maximum atomic E-state index is 12.2. The van der Waals surface area contributed by atoms with Crippen molar-refractivity contribution >= 4 is 28.5 Å². The fourth-order valence-electron chi connectivity index (χ4n) is 3.38. The number of nitrogens with zero attached hydrogens (tertiary/aromatic N) is 1. The van der Waals surface area contributed by atoms with E-state index in [0.717, 1.165) is 33.3 Å². The molecule has 0 aliphatic heterocycles. The lowest BCUT2D eigenvalue weighted by Gasteiger charge is -2.28. The predicted octanol–water partition coefficient (Wildman–Crippen LogP) is 6.11. The van der Waals surface area contributed by atoms with Gasteiger partial charge >= 0.3 is 5.97 Å². The van der Waals surface area contributed by atoms with Crippen LogP contribution in [0.25, 0.3) is 22.0 Å². The van der Waals surface area contributed by atoms with Crippen molar-refractivity contribution in [1.82, 2.24) is 4.98 Å². The third-order valence-corrected chi connectivity index (χ3v) is 4.72. The number of benzene rings is 2. The molecule has 0 amide bonds. The summed E-state index contributed by atoms with van der Waals surface area (Å²) in [7, 11) is 0. The first kappa shape index (κ1) is 20.3. The number of hydrogen-bond acceptors (Lipinski definition) is 3. The summed E-state index contributed by atoms with van der Waals surface area (Å²) in [5.74, 6) is -1.02. The van der Waals surface area contributed by atoms with Crippen LogP contribution in [0.4, 0.5) is 0 Å². The fraction of sp³-hybridized carbons (Fsp3) is 0.304.